The molecule has 0 radical (unpaired) electrons. The molecule has 0 aromatic heterocycles. The van der Waals surface area contributed by atoms with E-state index in [1.807, 2.05) is 19.1 Å². The number of aliphatic hydroxyl groups excluding tert-OH is 3. The second-order valence-electron chi connectivity index (χ2n) is 7.46. The molecule has 0 spiro atoms. The largest absolute Gasteiger partial charge is 0.416 e. The van der Waals surface area contributed by atoms with E-state index in [1.54, 1.807) is 12.1 Å². The van der Waals surface area contributed by atoms with Crippen LogP contribution in [0.25, 0.3) is 0 Å². The van der Waals surface area contributed by atoms with Crippen LogP contribution in [0.5, 0.6) is 0 Å². The summed E-state index contributed by atoms with van der Waals surface area (Å²) in [4.78, 5) is 0. The van der Waals surface area contributed by atoms with Crippen LogP contribution in [0.1, 0.15) is 40.8 Å². The fraction of sp³-hybridized carbons (Fsp3) is 0.455. The van der Waals surface area contributed by atoms with Crippen molar-refractivity contribution in [2.75, 3.05) is 6.61 Å². The molecule has 8 heteroatoms. The van der Waals surface area contributed by atoms with E-state index >= 15 is 0 Å². The number of ether oxygens (including phenoxy) is 1. The fourth-order valence-electron chi connectivity index (χ4n) is 3.68. The highest BCUT2D eigenvalue weighted by Gasteiger charge is 2.45. The average molecular weight is 428 g/mol. The summed E-state index contributed by atoms with van der Waals surface area (Å²) in [6, 6.07) is 10.5. The Morgan fingerprint density at radius 3 is 2.17 bits per heavy atom. The number of halogens is 4. The highest BCUT2D eigenvalue weighted by molar-refractivity contribution is 5.39. The zero-order chi connectivity index (χ0) is 22.1. The third-order valence-corrected chi connectivity index (χ3v) is 5.43. The Labute approximate surface area is 171 Å². The van der Waals surface area contributed by atoms with Gasteiger partial charge in [-0.2, -0.15) is 13.2 Å². The molecule has 5 unspecified atom stereocenters. The van der Waals surface area contributed by atoms with Crippen molar-refractivity contribution in [3.63, 3.8) is 0 Å². The summed E-state index contributed by atoms with van der Waals surface area (Å²) in [6.07, 6.45) is -12.0. The summed E-state index contributed by atoms with van der Waals surface area (Å²) in [7, 11) is 0. The van der Waals surface area contributed by atoms with E-state index in [0.29, 0.717) is 5.56 Å². The highest BCUT2D eigenvalue weighted by Crippen LogP contribution is 2.38. The summed E-state index contributed by atoms with van der Waals surface area (Å²) in [5.74, 6) is 0. The third-order valence-electron chi connectivity index (χ3n) is 5.43. The van der Waals surface area contributed by atoms with E-state index in [2.05, 4.69) is 0 Å². The van der Waals surface area contributed by atoms with E-state index in [4.69, 9.17) is 4.74 Å². The molecular formula is C22H24F4O4. The fourth-order valence-corrected chi connectivity index (χ4v) is 3.68. The van der Waals surface area contributed by atoms with Crippen molar-refractivity contribution < 1.29 is 37.6 Å². The first-order valence-corrected chi connectivity index (χ1v) is 9.70. The van der Waals surface area contributed by atoms with Gasteiger partial charge in [-0.25, -0.2) is 4.39 Å². The Bertz CT molecular complexity index is 851. The normalized spacial score (nSPS) is 27.3. The van der Waals surface area contributed by atoms with Gasteiger partial charge in [0, 0.05) is 0 Å². The number of hydrogen-bond acceptors (Lipinski definition) is 4. The molecule has 1 aliphatic rings. The zero-order valence-electron chi connectivity index (χ0n) is 16.3. The average Bonchev–Trinajstić information content (AvgIpc) is 2.72. The maximum Gasteiger partial charge on any atom is 0.416 e. The molecule has 0 bridgehead atoms. The maximum atomic E-state index is 14.0. The van der Waals surface area contributed by atoms with Gasteiger partial charge in [-0.15, -0.1) is 0 Å². The molecule has 4 nitrogen and oxygen atoms in total. The summed E-state index contributed by atoms with van der Waals surface area (Å²) in [6.45, 7) is 1.24. The molecule has 1 fully saturated rings. The predicted octanol–water partition coefficient (Wildman–Crippen LogP) is 3.35. The second kappa shape index (κ2) is 9.01. The van der Waals surface area contributed by atoms with Gasteiger partial charge in [-0.1, -0.05) is 43.3 Å². The van der Waals surface area contributed by atoms with Crippen LogP contribution in [0, 0.1) is 0 Å². The summed E-state index contributed by atoms with van der Waals surface area (Å²) < 4.78 is 60.0. The molecule has 0 aliphatic carbocycles. The monoisotopic (exact) mass is 428 g/mol. The van der Waals surface area contributed by atoms with Crippen molar-refractivity contribution in [2.24, 2.45) is 0 Å². The molecule has 1 saturated heterocycles. The first kappa shape index (κ1) is 22.7. The SMILES string of the molecule is CCc1ccc(Cc2cc(C3OC(CO)C(F)C(O)C3O)ccc2C(F)(F)F)cc1. The molecule has 1 aliphatic heterocycles. The first-order valence-electron chi connectivity index (χ1n) is 9.70. The molecule has 0 saturated carbocycles. The lowest BCUT2D eigenvalue weighted by Crippen LogP contribution is -2.53. The van der Waals surface area contributed by atoms with Gasteiger partial charge in [0.05, 0.1) is 12.2 Å². The van der Waals surface area contributed by atoms with E-state index in [9.17, 15) is 32.9 Å². The van der Waals surface area contributed by atoms with Crippen LogP contribution >= 0.6 is 0 Å². The number of alkyl halides is 4. The van der Waals surface area contributed by atoms with E-state index in [1.165, 1.54) is 6.07 Å². The van der Waals surface area contributed by atoms with Crippen molar-refractivity contribution in [1.29, 1.82) is 0 Å². The van der Waals surface area contributed by atoms with Crippen LogP contribution in [-0.2, 0) is 23.8 Å². The van der Waals surface area contributed by atoms with E-state index < -0.39 is 48.9 Å². The minimum atomic E-state index is -4.58. The quantitative estimate of drug-likeness (QED) is 0.639. The second-order valence-corrected chi connectivity index (χ2v) is 7.46. The molecule has 5 atom stereocenters. The number of aliphatic hydroxyl groups is 3. The standard InChI is InChI=1S/C22H24F4O4/c1-2-12-3-5-13(6-4-12)9-15-10-14(7-8-16(15)22(24,25)26)21-20(29)19(28)18(23)17(11-27)30-21/h3-8,10,17-21,27-29H,2,9,11H2,1H3. The highest BCUT2D eigenvalue weighted by atomic mass is 19.4. The van der Waals surface area contributed by atoms with Gasteiger partial charge in [-0.05, 0) is 41.2 Å². The Balaban J connectivity index is 1.97. The van der Waals surface area contributed by atoms with Gasteiger partial charge < -0.3 is 20.1 Å². The van der Waals surface area contributed by atoms with Crippen molar-refractivity contribution in [2.45, 2.75) is 56.5 Å². The minimum Gasteiger partial charge on any atom is -0.394 e. The molecule has 0 amide bonds. The lowest BCUT2D eigenvalue weighted by atomic mass is 9.89. The van der Waals surface area contributed by atoms with Gasteiger partial charge >= 0.3 is 6.18 Å². The Morgan fingerprint density at radius 1 is 0.967 bits per heavy atom. The molecule has 30 heavy (non-hydrogen) atoms. The van der Waals surface area contributed by atoms with Gasteiger partial charge in [0.1, 0.15) is 24.4 Å². The van der Waals surface area contributed by atoms with Crippen molar-refractivity contribution in [1.82, 2.24) is 0 Å². The third kappa shape index (κ3) is 4.67. The van der Waals surface area contributed by atoms with Crippen molar-refractivity contribution in [3.05, 3.63) is 70.3 Å². The Kier molecular flexibility index (Phi) is 6.81. The predicted molar refractivity (Wildman–Crippen MR) is 102 cm³/mol. The number of aryl methyl sites for hydroxylation is 1. The van der Waals surface area contributed by atoms with Crippen LogP contribution in [0.4, 0.5) is 17.6 Å². The summed E-state index contributed by atoms with van der Waals surface area (Å²) >= 11 is 0. The van der Waals surface area contributed by atoms with E-state index in [-0.39, 0.29) is 17.5 Å². The van der Waals surface area contributed by atoms with Crippen LogP contribution < -0.4 is 0 Å². The maximum absolute atomic E-state index is 14.0. The van der Waals surface area contributed by atoms with Crippen molar-refractivity contribution >= 4 is 0 Å². The summed E-state index contributed by atoms with van der Waals surface area (Å²) in [5.41, 5.74) is 1.06. The Hall–Kier alpha value is -2.00. The van der Waals surface area contributed by atoms with Crippen LogP contribution in [0.15, 0.2) is 42.5 Å². The number of hydrogen-bond donors (Lipinski definition) is 3. The van der Waals surface area contributed by atoms with E-state index in [0.717, 1.165) is 24.1 Å². The lowest BCUT2D eigenvalue weighted by molar-refractivity contribution is -0.214. The first-order chi connectivity index (χ1) is 14.2. The molecule has 3 N–H and O–H groups in total. The molecule has 2 aromatic carbocycles. The molecular weight excluding hydrogens is 404 g/mol. The summed E-state index contributed by atoms with van der Waals surface area (Å²) in [5, 5.41) is 29.4. The molecule has 3 rings (SSSR count). The van der Waals surface area contributed by atoms with Gasteiger partial charge in [0.15, 0.2) is 6.17 Å². The van der Waals surface area contributed by atoms with Gasteiger partial charge in [0.2, 0.25) is 0 Å². The minimum absolute atomic E-state index is 0.00674. The zero-order valence-corrected chi connectivity index (χ0v) is 16.3. The van der Waals surface area contributed by atoms with Crippen LogP contribution in [0.3, 0.4) is 0 Å². The molecule has 1 heterocycles. The van der Waals surface area contributed by atoms with Crippen LogP contribution in [0.2, 0.25) is 0 Å². The number of benzene rings is 2. The van der Waals surface area contributed by atoms with Gasteiger partial charge in [0.25, 0.3) is 0 Å². The lowest BCUT2D eigenvalue weighted by Gasteiger charge is -2.39. The van der Waals surface area contributed by atoms with Gasteiger partial charge in [-0.3, -0.25) is 0 Å². The topological polar surface area (TPSA) is 69.9 Å². The van der Waals surface area contributed by atoms with Crippen LogP contribution in [-0.4, -0.2) is 46.4 Å². The Morgan fingerprint density at radius 2 is 1.60 bits per heavy atom. The smallest absolute Gasteiger partial charge is 0.394 e. The molecule has 164 valence electrons. The van der Waals surface area contributed by atoms with Crippen molar-refractivity contribution in [3.8, 4) is 0 Å². The molecule has 2 aromatic rings. The number of rotatable bonds is 5.